The number of aliphatic hydroxyl groups excluding tert-OH is 1. The summed E-state index contributed by atoms with van der Waals surface area (Å²) in [6.07, 6.45) is 2.11. The standard InChI is InChI=1S/C13H20N2O/c16-13(15-8-4-5-9-15)11-14-10-12-6-2-1-3-7-12/h1-3,6-7,13-14,16H,4-5,8-11H2/t13-/m0/s1. The molecular weight excluding hydrogens is 200 g/mol. The highest BCUT2D eigenvalue weighted by Crippen LogP contribution is 2.09. The predicted octanol–water partition coefficient (Wildman–Crippen LogP) is 1.19. The highest BCUT2D eigenvalue weighted by Gasteiger charge is 2.18. The van der Waals surface area contributed by atoms with Crippen LogP contribution in [0.15, 0.2) is 30.3 Å². The number of aliphatic hydroxyl groups is 1. The third-order valence-corrected chi connectivity index (χ3v) is 3.06. The second-order valence-corrected chi connectivity index (χ2v) is 4.34. The molecule has 88 valence electrons. The summed E-state index contributed by atoms with van der Waals surface area (Å²) >= 11 is 0. The second-order valence-electron chi connectivity index (χ2n) is 4.34. The van der Waals surface area contributed by atoms with Crippen LogP contribution in [-0.2, 0) is 6.54 Å². The largest absolute Gasteiger partial charge is 0.377 e. The summed E-state index contributed by atoms with van der Waals surface area (Å²) in [5, 5.41) is 13.2. The van der Waals surface area contributed by atoms with Crippen LogP contribution in [0.5, 0.6) is 0 Å². The van der Waals surface area contributed by atoms with Crippen molar-refractivity contribution in [3.8, 4) is 0 Å². The third kappa shape index (κ3) is 3.30. The molecule has 3 heteroatoms. The maximum Gasteiger partial charge on any atom is 0.119 e. The van der Waals surface area contributed by atoms with Gasteiger partial charge in [0, 0.05) is 26.2 Å². The monoisotopic (exact) mass is 220 g/mol. The van der Waals surface area contributed by atoms with E-state index in [4.69, 9.17) is 0 Å². The van der Waals surface area contributed by atoms with E-state index in [1.807, 2.05) is 18.2 Å². The van der Waals surface area contributed by atoms with Crippen molar-refractivity contribution in [2.45, 2.75) is 25.6 Å². The molecule has 1 fully saturated rings. The Balaban J connectivity index is 1.67. The lowest BCUT2D eigenvalue weighted by Crippen LogP contribution is -2.40. The Kier molecular flexibility index (Phi) is 4.34. The highest BCUT2D eigenvalue weighted by atomic mass is 16.3. The van der Waals surface area contributed by atoms with E-state index in [9.17, 15) is 5.11 Å². The molecule has 0 amide bonds. The van der Waals surface area contributed by atoms with Crippen LogP contribution in [0, 0.1) is 0 Å². The molecule has 1 atom stereocenters. The zero-order chi connectivity index (χ0) is 11.2. The Morgan fingerprint density at radius 1 is 1.19 bits per heavy atom. The van der Waals surface area contributed by atoms with Gasteiger partial charge in [-0.05, 0) is 18.4 Å². The van der Waals surface area contributed by atoms with E-state index >= 15 is 0 Å². The van der Waals surface area contributed by atoms with E-state index in [1.54, 1.807) is 0 Å². The number of rotatable bonds is 5. The van der Waals surface area contributed by atoms with Crippen LogP contribution in [0.4, 0.5) is 0 Å². The summed E-state index contributed by atoms with van der Waals surface area (Å²) in [4.78, 5) is 2.14. The van der Waals surface area contributed by atoms with Gasteiger partial charge in [-0.25, -0.2) is 0 Å². The van der Waals surface area contributed by atoms with Gasteiger partial charge in [-0.2, -0.15) is 0 Å². The summed E-state index contributed by atoms with van der Waals surface area (Å²) in [6.45, 7) is 3.54. The lowest BCUT2D eigenvalue weighted by Gasteiger charge is -2.22. The van der Waals surface area contributed by atoms with E-state index < -0.39 is 0 Å². The van der Waals surface area contributed by atoms with Crippen LogP contribution < -0.4 is 5.32 Å². The van der Waals surface area contributed by atoms with E-state index in [0.29, 0.717) is 6.54 Å². The quantitative estimate of drug-likeness (QED) is 0.782. The summed E-state index contributed by atoms with van der Waals surface area (Å²) < 4.78 is 0. The van der Waals surface area contributed by atoms with Crippen LogP contribution in [0.1, 0.15) is 18.4 Å². The number of benzene rings is 1. The van der Waals surface area contributed by atoms with Crippen molar-refractivity contribution in [2.75, 3.05) is 19.6 Å². The van der Waals surface area contributed by atoms with Crippen molar-refractivity contribution in [3.63, 3.8) is 0 Å². The first-order valence-electron chi connectivity index (χ1n) is 6.03. The molecule has 1 aliphatic rings. The van der Waals surface area contributed by atoms with Gasteiger partial charge in [-0.15, -0.1) is 0 Å². The minimum atomic E-state index is -0.328. The molecule has 1 heterocycles. The normalized spacial score (nSPS) is 18.8. The zero-order valence-electron chi connectivity index (χ0n) is 9.60. The Morgan fingerprint density at radius 3 is 2.56 bits per heavy atom. The molecule has 0 aromatic heterocycles. The van der Waals surface area contributed by atoms with Crippen molar-refractivity contribution in [1.82, 2.24) is 10.2 Å². The van der Waals surface area contributed by atoms with Crippen molar-refractivity contribution in [1.29, 1.82) is 0 Å². The first kappa shape index (κ1) is 11.6. The maximum atomic E-state index is 9.89. The molecule has 0 bridgehead atoms. The van der Waals surface area contributed by atoms with Gasteiger partial charge >= 0.3 is 0 Å². The van der Waals surface area contributed by atoms with Crippen LogP contribution >= 0.6 is 0 Å². The van der Waals surface area contributed by atoms with E-state index in [1.165, 1.54) is 18.4 Å². The van der Waals surface area contributed by atoms with Crippen molar-refractivity contribution >= 4 is 0 Å². The molecule has 2 N–H and O–H groups in total. The average molecular weight is 220 g/mol. The molecule has 1 saturated heterocycles. The molecule has 2 rings (SSSR count). The Labute approximate surface area is 97.1 Å². The Morgan fingerprint density at radius 2 is 1.88 bits per heavy atom. The van der Waals surface area contributed by atoms with Gasteiger partial charge in [0.05, 0.1) is 0 Å². The highest BCUT2D eigenvalue weighted by molar-refractivity contribution is 5.14. The van der Waals surface area contributed by atoms with Crippen LogP contribution in [-0.4, -0.2) is 35.9 Å². The smallest absolute Gasteiger partial charge is 0.119 e. The minimum absolute atomic E-state index is 0.328. The third-order valence-electron chi connectivity index (χ3n) is 3.06. The van der Waals surface area contributed by atoms with Gasteiger partial charge < -0.3 is 10.4 Å². The molecule has 1 aromatic rings. The van der Waals surface area contributed by atoms with Crippen LogP contribution in [0.2, 0.25) is 0 Å². The molecule has 3 nitrogen and oxygen atoms in total. The average Bonchev–Trinajstić information content (AvgIpc) is 2.84. The Bertz CT molecular complexity index is 296. The minimum Gasteiger partial charge on any atom is -0.377 e. The summed E-state index contributed by atoms with van der Waals surface area (Å²) in [5.74, 6) is 0. The lowest BCUT2D eigenvalue weighted by molar-refractivity contribution is 0.0212. The topological polar surface area (TPSA) is 35.5 Å². The number of hydrogen-bond acceptors (Lipinski definition) is 3. The molecule has 16 heavy (non-hydrogen) atoms. The van der Waals surface area contributed by atoms with Gasteiger partial charge in [0.15, 0.2) is 0 Å². The molecule has 0 aliphatic carbocycles. The zero-order valence-corrected chi connectivity index (χ0v) is 9.60. The first-order valence-corrected chi connectivity index (χ1v) is 6.03. The molecule has 0 radical (unpaired) electrons. The lowest BCUT2D eigenvalue weighted by atomic mass is 10.2. The van der Waals surface area contributed by atoms with E-state index in [2.05, 4.69) is 22.3 Å². The van der Waals surface area contributed by atoms with Gasteiger partial charge in [-0.1, -0.05) is 30.3 Å². The molecule has 1 aliphatic heterocycles. The first-order chi connectivity index (χ1) is 7.86. The van der Waals surface area contributed by atoms with E-state index in [-0.39, 0.29) is 6.23 Å². The fraction of sp³-hybridized carbons (Fsp3) is 0.538. The van der Waals surface area contributed by atoms with Crippen molar-refractivity contribution < 1.29 is 5.11 Å². The molecule has 1 aromatic carbocycles. The van der Waals surface area contributed by atoms with E-state index in [0.717, 1.165) is 19.6 Å². The number of nitrogens with zero attached hydrogens (tertiary/aromatic N) is 1. The van der Waals surface area contributed by atoms with Gasteiger partial charge in [-0.3, -0.25) is 4.90 Å². The van der Waals surface area contributed by atoms with Gasteiger partial charge in [0.25, 0.3) is 0 Å². The van der Waals surface area contributed by atoms with Gasteiger partial charge in [0.2, 0.25) is 0 Å². The number of nitrogens with one attached hydrogen (secondary N) is 1. The van der Waals surface area contributed by atoms with Gasteiger partial charge in [0.1, 0.15) is 6.23 Å². The predicted molar refractivity (Wildman–Crippen MR) is 65.0 cm³/mol. The fourth-order valence-corrected chi connectivity index (χ4v) is 2.11. The number of hydrogen-bond donors (Lipinski definition) is 2. The van der Waals surface area contributed by atoms with Crippen molar-refractivity contribution in [2.24, 2.45) is 0 Å². The fourth-order valence-electron chi connectivity index (χ4n) is 2.11. The number of likely N-dealkylation sites (tertiary alicyclic amines) is 1. The molecule has 0 spiro atoms. The van der Waals surface area contributed by atoms with Crippen molar-refractivity contribution in [3.05, 3.63) is 35.9 Å². The molecular formula is C13H20N2O. The maximum absolute atomic E-state index is 9.89. The van der Waals surface area contributed by atoms with Crippen LogP contribution in [0.3, 0.4) is 0 Å². The molecule has 0 saturated carbocycles. The second kappa shape index (κ2) is 5.99. The summed E-state index contributed by atoms with van der Waals surface area (Å²) in [7, 11) is 0. The molecule has 0 unspecified atom stereocenters. The SMILES string of the molecule is O[C@@H](CNCc1ccccc1)N1CCCC1. The summed E-state index contributed by atoms with van der Waals surface area (Å²) in [6, 6.07) is 10.3. The Hall–Kier alpha value is -0.900. The van der Waals surface area contributed by atoms with Crippen LogP contribution in [0.25, 0.3) is 0 Å². The summed E-state index contributed by atoms with van der Waals surface area (Å²) in [5.41, 5.74) is 1.26.